The van der Waals surface area contributed by atoms with E-state index >= 15 is 0 Å². The smallest absolute Gasteiger partial charge is 0.331 e. The Morgan fingerprint density at radius 1 is 1.08 bits per heavy atom. The molecule has 2 rings (SSSR count). The number of hydrogen-bond acceptors (Lipinski definition) is 4. The molecular formula is C19H18ClNO4. The van der Waals surface area contributed by atoms with Gasteiger partial charge in [-0.2, -0.15) is 0 Å². The number of ether oxygens (including phenoxy) is 2. The minimum Gasteiger partial charge on any atom is -0.497 e. The lowest BCUT2D eigenvalue weighted by atomic mass is 10.2. The van der Waals surface area contributed by atoms with Gasteiger partial charge in [0.2, 0.25) is 0 Å². The van der Waals surface area contributed by atoms with Gasteiger partial charge in [-0.15, -0.1) is 0 Å². The standard InChI is InChI=1S/C19H18ClNO4/c1-24-17-9-4-14(5-10-17)6-11-19(23)25-13-18(22)21-12-15-2-7-16(20)8-3-15/h2-11H,12-13H2,1H3,(H,21,22)/b11-6+. The topological polar surface area (TPSA) is 64.6 Å². The predicted molar refractivity (Wildman–Crippen MR) is 96.3 cm³/mol. The number of methoxy groups -OCH3 is 1. The van der Waals surface area contributed by atoms with Gasteiger partial charge in [0.1, 0.15) is 5.75 Å². The van der Waals surface area contributed by atoms with Crippen LogP contribution in [0.2, 0.25) is 5.02 Å². The molecule has 130 valence electrons. The molecular weight excluding hydrogens is 342 g/mol. The first-order valence-electron chi connectivity index (χ1n) is 7.57. The van der Waals surface area contributed by atoms with E-state index < -0.39 is 5.97 Å². The van der Waals surface area contributed by atoms with E-state index in [1.54, 1.807) is 49.6 Å². The van der Waals surface area contributed by atoms with Crippen molar-refractivity contribution in [2.75, 3.05) is 13.7 Å². The van der Waals surface area contributed by atoms with E-state index in [4.69, 9.17) is 21.1 Å². The summed E-state index contributed by atoms with van der Waals surface area (Å²) < 4.78 is 9.95. The molecule has 0 aliphatic rings. The van der Waals surface area contributed by atoms with E-state index in [0.717, 1.165) is 16.9 Å². The number of rotatable bonds is 7. The lowest BCUT2D eigenvalue weighted by molar-refractivity contribution is -0.143. The highest BCUT2D eigenvalue weighted by molar-refractivity contribution is 6.30. The average Bonchev–Trinajstić information content (AvgIpc) is 2.64. The zero-order valence-electron chi connectivity index (χ0n) is 13.7. The molecule has 0 spiro atoms. The number of amides is 1. The molecule has 0 saturated carbocycles. The van der Waals surface area contributed by atoms with Crippen LogP contribution in [0.15, 0.2) is 54.6 Å². The third-order valence-corrected chi connectivity index (χ3v) is 3.53. The van der Waals surface area contributed by atoms with Crippen molar-refractivity contribution in [1.29, 1.82) is 0 Å². The molecule has 0 unspecified atom stereocenters. The molecule has 6 heteroatoms. The summed E-state index contributed by atoms with van der Waals surface area (Å²) in [6.45, 7) is 0.00855. The molecule has 1 N–H and O–H groups in total. The van der Waals surface area contributed by atoms with Crippen molar-refractivity contribution in [2.24, 2.45) is 0 Å². The van der Waals surface area contributed by atoms with Gasteiger partial charge in [0.05, 0.1) is 7.11 Å². The maximum atomic E-state index is 11.7. The van der Waals surface area contributed by atoms with Gasteiger partial charge in [0.15, 0.2) is 6.61 Å². The van der Waals surface area contributed by atoms with Crippen molar-refractivity contribution in [3.63, 3.8) is 0 Å². The zero-order chi connectivity index (χ0) is 18.1. The molecule has 2 aromatic rings. The Morgan fingerprint density at radius 2 is 1.76 bits per heavy atom. The van der Waals surface area contributed by atoms with Gasteiger partial charge in [0, 0.05) is 17.6 Å². The van der Waals surface area contributed by atoms with Gasteiger partial charge in [-0.1, -0.05) is 35.9 Å². The molecule has 0 atom stereocenters. The predicted octanol–water partition coefficient (Wildman–Crippen LogP) is 3.22. The number of hydrogen-bond donors (Lipinski definition) is 1. The molecule has 0 aliphatic carbocycles. The summed E-state index contributed by atoms with van der Waals surface area (Å²) >= 11 is 5.79. The van der Waals surface area contributed by atoms with Crippen molar-refractivity contribution < 1.29 is 19.1 Å². The van der Waals surface area contributed by atoms with Gasteiger partial charge in [-0.3, -0.25) is 4.79 Å². The van der Waals surface area contributed by atoms with Crippen LogP contribution in [0.25, 0.3) is 6.08 Å². The van der Waals surface area contributed by atoms with Crippen molar-refractivity contribution in [2.45, 2.75) is 6.54 Å². The fourth-order valence-electron chi connectivity index (χ4n) is 1.92. The molecule has 2 aromatic carbocycles. The highest BCUT2D eigenvalue weighted by Gasteiger charge is 2.05. The van der Waals surface area contributed by atoms with Gasteiger partial charge in [-0.05, 0) is 41.5 Å². The van der Waals surface area contributed by atoms with E-state index in [-0.39, 0.29) is 12.5 Å². The lowest BCUT2D eigenvalue weighted by Gasteiger charge is -2.05. The Kier molecular flexibility index (Phi) is 7.04. The first-order chi connectivity index (χ1) is 12.1. The minimum absolute atomic E-state index is 0.334. The highest BCUT2D eigenvalue weighted by Crippen LogP contribution is 2.12. The monoisotopic (exact) mass is 359 g/mol. The number of halogens is 1. The molecule has 0 saturated heterocycles. The second kappa shape index (κ2) is 9.49. The summed E-state index contributed by atoms with van der Waals surface area (Å²) in [5, 5.41) is 3.30. The normalized spacial score (nSPS) is 10.5. The number of benzene rings is 2. The largest absolute Gasteiger partial charge is 0.497 e. The fraction of sp³-hybridized carbons (Fsp3) is 0.158. The third kappa shape index (κ3) is 6.69. The van der Waals surface area contributed by atoms with E-state index in [1.165, 1.54) is 6.08 Å². The second-order valence-electron chi connectivity index (χ2n) is 5.12. The molecule has 1 amide bonds. The summed E-state index contributed by atoms with van der Waals surface area (Å²) in [4.78, 5) is 23.3. The number of carbonyl (C=O) groups is 2. The molecule has 0 heterocycles. The first-order valence-corrected chi connectivity index (χ1v) is 7.94. The molecule has 25 heavy (non-hydrogen) atoms. The second-order valence-corrected chi connectivity index (χ2v) is 5.55. The quantitative estimate of drug-likeness (QED) is 0.609. The molecule has 0 radical (unpaired) electrons. The van der Waals surface area contributed by atoms with Crippen LogP contribution in [0.1, 0.15) is 11.1 Å². The average molecular weight is 360 g/mol. The van der Waals surface area contributed by atoms with Crippen molar-refractivity contribution in [3.05, 3.63) is 70.8 Å². The maximum absolute atomic E-state index is 11.7. The molecule has 0 aliphatic heterocycles. The Bertz CT molecular complexity index is 739. The van der Waals surface area contributed by atoms with Crippen LogP contribution in [0.5, 0.6) is 5.75 Å². The van der Waals surface area contributed by atoms with Crippen LogP contribution in [-0.4, -0.2) is 25.6 Å². The Labute approximate surface area is 151 Å². The lowest BCUT2D eigenvalue weighted by Crippen LogP contribution is -2.28. The van der Waals surface area contributed by atoms with Crippen LogP contribution >= 0.6 is 11.6 Å². The summed E-state index contributed by atoms with van der Waals surface area (Å²) in [6, 6.07) is 14.3. The molecule has 0 fully saturated rings. The fourth-order valence-corrected chi connectivity index (χ4v) is 2.04. The van der Waals surface area contributed by atoms with Crippen LogP contribution in [0.4, 0.5) is 0 Å². The maximum Gasteiger partial charge on any atom is 0.331 e. The summed E-state index contributed by atoms with van der Waals surface area (Å²) in [7, 11) is 1.58. The number of carbonyl (C=O) groups excluding carboxylic acids is 2. The number of nitrogens with one attached hydrogen (secondary N) is 1. The minimum atomic E-state index is -0.586. The third-order valence-electron chi connectivity index (χ3n) is 3.28. The van der Waals surface area contributed by atoms with Gasteiger partial charge >= 0.3 is 5.97 Å². The van der Waals surface area contributed by atoms with Crippen molar-refractivity contribution >= 4 is 29.6 Å². The molecule has 0 aromatic heterocycles. The van der Waals surface area contributed by atoms with Gasteiger partial charge < -0.3 is 14.8 Å². The van der Waals surface area contributed by atoms with Crippen molar-refractivity contribution in [3.8, 4) is 5.75 Å². The summed E-state index contributed by atoms with van der Waals surface area (Å²) in [5.74, 6) is -0.226. The Hall–Kier alpha value is -2.79. The highest BCUT2D eigenvalue weighted by atomic mass is 35.5. The summed E-state index contributed by atoms with van der Waals surface area (Å²) in [5.41, 5.74) is 1.73. The first kappa shape index (κ1) is 18.5. The Balaban J connectivity index is 1.72. The van der Waals surface area contributed by atoms with Gasteiger partial charge in [0.25, 0.3) is 5.91 Å². The van der Waals surface area contributed by atoms with E-state index in [9.17, 15) is 9.59 Å². The zero-order valence-corrected chi connectivity index (χ0v) is 14.5. The van der Waals surface area contributed by atoms with Crippen LogP contribution in [0.3, 0.4) is 0 Å². The van der Waals surface area contributed by atoms with Gasteiger partial charge in [-0.25, -0.2) is 4.79 Å². The number of esters is 1. The molecule has 5 nitrogen and oxygen atoms in total. The SMILES string of the molecule is COc1ccc(/C=C/C(=O)OCC(=O)NCc2ccc(Cl)cc2)cc1. The van der Waals surface area contributed by atoms with Crippen LogP contribution in [0, 0.1) is 0 Å². The summed E-state index contributed by atoms with van der Waals surface area (Å²) in [6.07, 6.45) is 2.88. The van der Waals surface area contributed by atoms with Crippen LogP contribution in [-0.2, 0) is 20.9 Å². The Morgan fingerprint density at radius 3 is 2.40 bits per heavy atom. The van der Waals surface area contributed by atoms with E-state index in [0.29, 0.717) is 11.6 Å². The van der Waals surface area contributed by atoms with E-state index in [1.807, 2.05) is 12.1 Å². The van der Waals surface area contributed by atoms with Crippen LogP contribution < -0.4 is 10.1 Å². The molecule has 0 bridgehead atoms. The van der Waals surface area contributed by atoms with Crippen molar-refractivity contribution in [1.82, 2.24) is 5.32 Å². The van der Waals surface area contributed by atoms with E-state index in [2.05, 4.69) is 5.32 Å².